The number of benzene rings is 2. The molecule has 0 aliphatic heterocycles. The molecule has 6 nitrogen and oxygen atoms in total. The van der Waals surface area contributed by atoms with Crippen LogP contribution in [0.5, 0.6) is 0 Å². The Balaban J connectivity index is 2.27. The zero-order valence-electron chi connectivity index (χ0n) is 17.8. The highest BCUT2D eigenvalue weighted by Crippen LogP contribution is 2.25. The molecule has 0 unspecified atom stereocenters. The summed E-state index contributed by atoms with van der Waals surface area (Å²) in [6.07, 6.45) is 2.64. The first-order valence-electron chi connectivity index (χ1n) is 10.0. The van der Waals surface area contributed by atoms with E-state index in [9.17, 15) is 9.59 Å². The second-order valence-corrected chi connectivity index (χ2v) is 8.10. The van der Waals surface area contributed by atoms with E-state index in [0.29, 0.717) is 13.0 Å². The van der Waals surface area contributed by atoms with Gasteiger partial charge in [-0.25, -0.2) is 9.59 Å². The number of nitrogens with one attached hydrogen (secondary N) is 1. The molecule has 0 aliphatic rings. The normalized spacial score (nSPS) is 12.4. The zero-order chi connectivity index (χ0) is 21.4. The SMILES string of the molecule is COC(=O)[C@H](Cc1ccc(CCCCN)c2ccccc12)NC(=O)OC(C)(C)C. The van der Waals surface area contributed by atoms with Crippen molar-refractivity contribution in [3.63, 3.8) is 0 Å². The number of amides is 1. The summed E-state index contributed by atoms with van der Waals surface area (Å²) in [6.45, 7) is 6.01. The summed E-state index contributed by atoms with van der Waals surface area (Å²) in [7, 11) is 1.31. The van der Waals surface area contributed by atoms with Gasteiger partial charge in [0.15, 0.2) is 0 Å². The van der Waals surface area contributed by atoms with E-state index in [0.717, 1.165) is 35.6 Å². The number of fused-ring (bicyclic) bond motifs is 1. The van der Waals surface area contributed by atoms with Crippen LogP contribution in [-0.2, 0) is 27.1 Å². The lowest BCUT2D eigenvalue weighted by atomic mass is 9.93. The number of hydrogen-bond donors (Lipinski definition) is 2. The van der Waals surface area contributed by atoms with E-state index in [4.69, 9.17) is 15.2 Å². The first-order chi connectivity index (χ1) is 13.7. The second-order valence-electron chi connectivity index (χ2n) is 8.10. The van der Waals surface area contributed by atoms with E-state index < -0.39 is 23.7 Å². The van der Waals surface area contributed by atoms with Gasteiger partial charge in [0.2, 0.25) is 0 Å². The third-order valence-electron chi connectivity index (χ3n) is 4.61. The van der Waals surface area contributed by atoms with E-state index in [1.54, 1.807) is 20.8 Å². The second kappa shape index (κ2) is 10.3. The Labute approximate surface area is 172 Å². The van der Waals surface area contributed by atoms with Gasteiger partial charge in [-0.15, -0.1) is 0 Å². The number of alkyl carbamates (subject to hydrolysis) is 1. The van der Waals surface area contributed by atoms with E-state index in [1.165, 1.54) is 12.7 Å². The van der Waals surface area contributed by atoms with Gasteiger partial charge in [-0.3, -0.25) is 0 Å². The molecule has 2 rings (SSSR count). The molecule has 0 spiro atoms. The predicted molar refractivity (Wildman–Crippen MR) is 115 cm³/mol. The molecule has 0 heterocycles. The summed E-state index contributed by atoms with van der Waals surface area (Å²) in [6, 6.07) is 11.4. The van der Waals surface area contributed by atoms with Crippen molar-refractivity contribution >= 4 is 22.8 Å². The lowest BCUT2D eigenvalue weighted by Gasteiger charge is -2.23. The van der Waals surface area contributed by atoms with Crippen LogP contribution in [0.4, 0.5) is 4.79 Å². The number of hydrogen-bond acceptors (Lipinski definition) is 5. The number of nitrogens with two attached hydrogens (primary N) is 1. The first kappa shape index (κ1) is 22.7. The van der Waals surface area contributed by atoms with Crippen molar-refractivity contribution in [3.8, 4) is 0 Å². The lowest BCUT2D eigenvalue weighted by molar-refractivity contribution is -0.143. The van der Waals surface area contributed by atoms with E-state index >= 15 is 0 Å². The number of methoxy groups -OCH3 is 1. The maximum atomic E-state index is 12.3. The van der Waals surface area contributed by atoms with Gasteiger partial charge >= 0.3 is 12.1 Å². The zero-order valence-corrected chi connectivity index (χ0v) is 17.8. The molecule has 1 atom stereocenters. The Bertz CT molecular complexity index is 842. The largest absolute Gasteiger partial charge is 0.467 e. The number of aryl methyl sites for hydroxylation is 1. The van der Waals surface area contributed by atoms with Gasteiger partial charge in [0.25, 0.3) is 0 Å². The van der Waals surface area contributed by atoms with E-state index in [2.05, 4.69) is 17.4 Å². The molecule has 0 aliphatic carbocycles. The first-order valence-corrected chi connectivity index (χ1v) is 10.0. The van der Waals surface area contributed by atoms with Crippen LogP contribution in [-0.4, -0.2) is 37.4 Å². The Morgan fingerprint density at radius 2 is 1.66 bits per heavy atom. The minimum atomic E-state index is -0.832. The van der Waals surface area contributed by atoms with Crippen LogP contribution >= 0.6 is 0 Å². The average Bonchev–Trinajstić information content (AvgIpc) is 2.67. The maximum absolute atomic E-state index is 12.3. The molecule has 1 amide bonds. The number of unbranched alkanes of at least 4 members (excludes halogenated alkanes) is 1. The van der Waals surface area contributed by atoms with Crippen molar-refractivity contribution in [2.45, 2.75) is 58.1 Å². The maximum Gasteiger partial charge on any atom is 0.408 e. The summed E-state index contributed by atoms with van der Waals surface area (Å²) in [5, 5.41) is 4.87. The fraction of sp³-hybridized carbons (Fsp3) is 0.478. The van der Waals surface area contributed by atoms with Crippen molar-refractivity contribution < 1.29 is 19.1 Å². The van der Waals surface area contributed by atoms with Crippen LogP contribution in [0.25, 0.3) is 10.8 Å². The highest BCUT2D eigenvalue weighted by atomic mass is 16.6. The van der Waals surface area contributed by atoms with Crippen LogP contribution in [0.1, 0.15) is 44.7 Å². The smallest absolute Gasteiger partial charge is 0.408 e. The summed E-state index contributed by atoms with van der Waals surface area (Å²) in [4.78, 5) is 24.5. The van der Waals surface area contributed by atoms with Crippen molar-refractivity contribution in [2.75, 3.05) is 13.7 Å². The third-order valence-corrected chi connectivity index (χ3v) is 4.61. The lowest BCUT2D eigenvalue weighted by Crippen LogP contribution is -2.45. The van der Waals surface area contributed by atoms with Gasteiger partial charge in [0, 0.05) is 6.42 Å². The van der Waals surface area contributed by atoms with Gasteiger partial charge in [0.05, 0.1) is 7.11 Å². The predicted octanol–water partition coefficient (Wildman–Crippen LogP) is 3.73. The molecule has 0 bridgehead atoms. The van der Waals surface area contributed by atoms with Gasteiger partial charge in [-0.2, -0.15) is 0 Å². The summed E-state index contributed by atoms with van der Waals surface area (Å²) in [5.41, 5.74) is 7.19. The van der Waals surface area contributed by atoms with Gasteiger partial charge in [-0.1, -0.05) is 36.4 Å². The van der Waals surface area contributed by atoms with Crippen LogP contribution in [0.15, 0.2) is 36.4 Å². The Kier molecular flexibility index (Phi) is 8.02. The Hall–Kier alpha value is -2.60. The van der Waals surface area contributed by atoms with Gasteiger partial charge in [-0.05, 0) is 68.5 Å². The molecule has 2 aromatic carbocycles. The number of rotatable bonds is 8. The highest BCUT2D eigenvalue weighted by molar-refractivity contribution is 5.90. The minimum absolute atomic E-state index is 0.315. The van der Waals surface area contributed by atoms with Crippen molar-refractivity contribution in [1.29, 1.82) is 0 Å². The molecular formula is C23H32N2O4. The Morgan fingerprint density at radius 1 is 1.03 bits per heavy atom. The van der Waals surface area contributed by atoms with Gasteiger partial charge in [0.1, 0.15) is 11.6 Å². The fourth-order valence-corrected chi connectivity index (χ4v) is 3.28. The standard InChI is InChI=1S/C23H32N2O4/c1-23(2,3)29-22(27)25-20(21(26)28-4)15-17-13-12-16(9-7-8-14-24)18-10-5-6-11-19(17)18/h5-6,10-13,20H,7-9,14-15,24H2,1-4H3,(H,25,27)/t20-/m0/s1. The highest BCUT2D eigenvalue weighted by Gasteiger charge is 2.26. The third kappa shape index (κ3) is 6.75. The summed E-state index contributed by atoms with van der Waals surface area (Å²) < 4.78 is 10.2. The molecule has 6 heteroatoms. The molecule has 0 fully saturated rings. The molecule has 0 aromatic heterocycles. The fourth-order valence-electron chi connectivity index (χ4n) is 3.28. The molecule has 29 heavy (non-hydrogen) atoms. The molecule has 0 radical (unpaired) electrons. The minimum Gasteiger partial charge on any atom is -0.467 e. The van der Waals surface area contributed by atoms with Crippen LogP contribution in [0.2, 0.25) is 0 Å². The number of esters is 1. The Morgan fingerprint density at radius 3 is 2.24 bits per heavy atom. The topological polar surface area (TPSA) is 90.6 Å². The number of carbonyl (C=O) groups is 2. The quantitative estimate of drug-likeness (QED) is 0.520. The molecule has 158 valence electrons. The average molecular weight is 401 g/mol. The van der Waals surface area contributed by atoms with E-state index in [-0.39, 0.29) is 0 Å². The molecule has 3 N–H and O–H groups in total. The van der Waals surface area contributed by atoms with Crippen molar-refractivity contribution in [1.82, 2.24) is 5.32 Å². The van der Waals surface area contributed by atoms with Crippen molar-refractivity contribution in [2.24, 2.45) is 5.73 Å². The van der Waals surface area contributed by atoms with Crippen molar-refractivity contribution in [3.05, 3.63) is 47.5 Å². The van der Waals surface area contributed by atoms with Crippen LogP contribution < -0.4 is 11.1 Å². The summed E-state index contributed by atoms with van der Waals surface area (Å²) >= 11 is 0. The van der Waals surface area contributed by atoms with Crippen LogP contribution in [0.3, 0.4) is 0 Å². The van der Waals surface area contributed by atoms with Crippen LogP contribution in [0, 0.1) is 0 Å². The van der Waals surface area contributed by atoms with E-state index in [1.807, 2.05) is 24.3 Å². The monoisotopic (exact) mass is 400 g/mol. The number of ether oxygens (including phenoxy) is 2. The molecule has 2 aromatic rings. The molecule has 0 saturated heterocycles. The molecular weight excluding hydrogens is 368 g/mol. The van der Waals surface area contributed by atoms with Gasteiger partial charge < -0.3 is 20.5 Å². The number of carbonyl (C=O) groups excluding carboxylic acids is 2. The molecule has 0 saturated carbocycles. The summed E-state index contributed by atoms with van der Waals surface area (Å²) in [5.74, 6) is -0.507.